The van der Waals surface area contributed by atoms with Crippen molar-refractivity contribution in [3.8, 4) is 0 Å². The Kier molecular flexibility index (Phi) is 6.62. The van der Waals surface area contributed by atoms with E-state index in [-0.39, 0.29) is 0 Å². The molecule has 2 fully saturated rings. The lowest BCUT2D eigenvalue weighted by Gasteiger charge is -2.40. The van der Waals surface area contributed by atoms with Crippen LogP contribution in [0.2, 0.25) is 0 Å². The first kappa shape index (κ1) is 15.3. The highest BCUT2D eigenvalue weighted by molar-refractivity contribution is 4.81. The molecule has 3 nitrogen and oxygen atoms in total. The molecular weight excluding hydrogens is 234 g/mol. The van der Waals surface area contributed by atoms with Crippen LogP contribution in [0.5, 0.6) is 0 Å². The van der Waals surface area contributed by atoms with E-state index >= 15 is 0 Å². The smallest absolute Gasteiger partial charge is 0.0120 e. The van der Waals surface area contributed by atoms with E-state index in [0.29, 0.717) is 6.04 Å². The van der Waals surface area contributed by atoms with Crippen LogP contribution in [0.15, 0.2) is 0 Å². The van der Waals surface area contributed by atoms with E-state index in [1.165, 1.54) is 77.8 Å². The van der Waals surface area contributed by atoms with Gasteiger partial charge in [0.2, 0.25) is 0 Å². The quantitative estimate of drug-likeness (QED) is 0.745. The molecular formula is C16H33N3. The first-order valence-electron chi connectivity index (χ1n) is 8.45. The summed E-state index contributed by atoms with van der Waals surface area (Å²) in [6.45, 7) is 12.3. The molecule has 0 aromatic heterocycles. The molecule has 0 radical (unpaired) electrons. The Labute approximate surface area is 119 Å². The van der Waals surface area contributed by atoms with Crippen molar-refractivity contribution in [1.29, 1.82) is 0 Å². The molecule has 2 rings (SSSR count). The van der Waals surface area contributed by atoms with Gasteiger partial charge in [-0.2, -0.15) is 0 Å². The molecule has 2 aliphatic heterocycles. The lowest BCUT2D eigenvalue weighted by Crippen LogP contribution is -2.47. The van der Waals surface area contributed by atoms with Crippen LogP contribution in [0.4, 0.5) is 0 Å². The number of nitrogens with zero attached hydrogens (tertiary/aromatic N) is 2. The van der Waals surface area contributed by atoms with Crippen LogP contribution in [-0.4, -0.2) is 61.2 Å². The van der Waals surface area contributed by atoms with Gasteiger partial charge in [-0.05, 0) is 71.4 Å². The van der Waals surface area contributed by atoms with E-state index < -0.39 is 0 Å². The Bertz CT molecular complexity index is 228. The first-order chi connectivity index (χ1) is 9.25. The third-order valence-corrected chi connectivity index (χ3v) is 4.67. The maximum Gasteiger partial charge on any atom is 0.0120 e. The third-order valence-electron chi connectivity index (χ3n) is 4.67. The van der Waals surface area contributed by atoms with Crippen molar-refractivity contribution in [2.45, 2.75) is 64.5 Å². The summed E-state index contributed by atoms with van der Waals surface area (Å²) in [6.07, 6.45) is 8.42. The van der Waals surface area contributed by atoms with Crippen molar-refractivity contribution < 1.29 is 0 Å². The Morgan fingerprint density at radius 3 is 2.32 bits per heavy atom. The second-order valence-corrected chi connectivity index (χ2v) is 6.63. The van der Waals surface area contributed by atoms with Gasteiger partial charge in [-0.15, -0.1) is 0 Å². The van der Waals surface area contributed by atoms with Gasteiger partial charge in [0.15, 0.2) is 0 Å². The second-order valence-electron chi connectivity index (χ2n) is 6.63. The number of likely N-dealkylation sites (tertiary alicyclic amines) is 2. The predicted octanol–water partition coefficient (Wildman–Crippen LogP) is 2.32. The molecule has 0 atom stereocenters. The summed E-state index contributed by atoms with van der Waals surface area (Å²) in [5.74, 6) is 0. The average Bonchev–Trinajstić information content (AvgIpc) is 2.45. The monoisotopic (exact) mass is 267 g/mol. The highest BCUT2D eigenvalue weighted by Crippen LogP contribution is 2.20. The molecule has 1 N–H and O–H groups in total. The Balaban J connectivity index is 1.57. The van der Waals surface area contributed by atoms with Crippen molar-refractivity contribution >= 4 is 0 Å². The van der Waals surface area contributed by atoms with Gasteiger partial charge in [0.05, 0.1) is 0 Å². The Morgan fingerprint density at radius 1 is 1.00 bits per heavy atom. The molecule has 2 saturated heterocycles. The Hall–Kier alpha value is -0.120. The van der Waals surface area contributed by atoms with Crippen LogP contribution in [0.3, 0.4) is 0 Å². The summed E-state index contributed by atoms with van der Waals surface area (Å²) in [6, 6.07) is 1.52. The van der Waals surface area contributed by atoms with Gasteiger partial charge in [0, 0.05) is 12.1 Å². The van der Waals surface area contributed by atoms with Gasteiger partial charge >= 0.3 is 0 Å². The minimum Gasteiger partial charge on any atom is -0.314 e. The molecule has 0 unspecified atom stereocenters. The van der Waals surface area contributed by atoms with Crippen LogP contribution in [0, 0.1) is 0 Å². The summed E-state index contributed by atoms with van der Waals surface area (Å²) < 4.78 is 0. The number of piperidine rings is 2. The minimum atomic E-state index is 0.629. The maximum absolute atomic E-state index is 3.51. The zero-order chi connectivity index (χ0) is 13.5. The van der Waals surface area contributed by atoms with E-state index in [9.17, 15) is 0 Å². The van der Waals surface area contributed by atoms with Gasteiger partial charge in [-0.3, -0.25) is 0 Å². The first-order valence-corrected chi connectivity index (χ1v) is 8.45. The summed E-state index contributed by atoms with van der Waals surface area (Å²) in [5.41, 5.74) is 0. The van der Waals surface area contributed by atoms with Gasteiger partial charge in [0.1, 0.15) is 0 Å². The molecule has 0 bridgehead atoms. The van der Waals surface area contributed by atoms with Crippen molar-refractivity contribution in [1.82, 2.24) is 15.1 Å². The van der Waals surface area contributed by atoms with Gasteiger partial charge in [-0.25, -0.2) is 0 Å². The van der Waals surface area contributed by atoms with E-state index in [4.69, 9.17) is 0 Å². The molecule has 0 spiro atoms. The molecule has 112 valence electrons. The van der Waals surface area contributed by atoms with Crippen molar-refractivity contribution in [2.24, 2.45) is 0 Å². The predicted molar refractivity (Wildman–Crippen MR) is 82.6 cm³/mol. The Morgan fingerprint density at radius 2 is 1.68 bits per heavy atom. The van der Waals surface area contributed by atoms with E-state index in [1.807, 2.05) is 0 Å². The largest absolute Gasteiger partial charge is 0.314 e. The zero-order valence-corrected chi connectivity index (χ0v) is 13.0. The van der Waals surface area contributed by atoms with Crippen LogP contribution in [-0.2, 0) is 0 Å². The lowest BCUT2D eigenvalue weighted by atomic mass is 10.00. The summed E-state index contributed by atoms with van der Waals surface area (Å²) >= 11 is 0. The van der Waals surface area contributed by atoms with E-state index in [1.54, 1.807) is 0 Å². The van der Waals surface area contributed by atoms with Crippen LogP contribution in [0.25, 0.3) is 0 Å². The molecule has 2 heterocycles. The summed E-state index contributed by atoms with van der Waals surface area (Å²) in [5, 5.41) is 3.51. The van der Waals surface area contributed by atoms with Crippen molar-refractivity contribution in [3.63, 3.8) is 0 Å². The molecule has 2 aliphatic rings. The molecule has 0 aromatic rings. The summed E-state index contributed by atoms with van der Waals surface area (Å²) in [4.78, 5) is 5.43. The van der Waals surface area contributed by atoms with Gasteiger partial charge in [0.25, 0.3) is 0 Å². The normalized spacial score (nSPS) is 24.2. The van der Waals surface area contributed by atoms with E-state index in [2.05, 4.69) is 29.0 Å². The minimum absolute atomic E-state index is 0.629. The standard InChI is InChI=1S/C16H33N3/c1-15(2)17-9-6-10-18-13-7-16(8-14-18)19-11-4-3-5-12-19/h15-17H,3-14H2,1-2H3. The average molecular weight is 267 g/mol. The van der Waals surface area contributed by atoms with Crippen LogP contribution >= 0.6 is 0 Å². The van der Waals surface area contributed by atoms with Crippen molar-refractivity contribution in [2.75, 3.05) is 39.3 Å². The number of hydrogen-bond acceptors (Lipinski definition) is 3. The van der Waals surface area contributed by atoms with Crippen molar-refractivity contribution in [3.05, 3.63) is 0 Å². The topological polar surface area (TPSA) is 18.5 Å². The zero-order valence-electron chi connectivity index (χ0n) is 13.0. The van der Waals surface area contributed by atoms with Gasteiger partial charge < -0.3 is 15.1 Å². The highest BCUT2D eigenvalue weighted by atomic mass is 15.2. The molecule has 0 amide bonds. The SMILES string of the molecule is CC(C)NCCCN1CCC(N2CCCCC2)CC1. The van der Waals surface area contributed by atoms with Gasteiger partial charge in [-0.1, -0.05) is 20.3 Å². The molecule has 19 heavy (non-hydrogen) atoms. The fourth-order valence-corrected chi connectivity index (χ4v) is 3.49. The molecule has 3 heteroatoms. The molecule has 0 aromatic carbocycles. The third kappa shape index (κ3) is 5.41. The molecule has 0 aliphatic carbocycles. The fourth-order valence-electron chi connectivity index (χ4n) is 3.49. The number of nitrogens with one attached hydrogen (secondary N) is 1. The number of hydrogen-bond donors (Lipinski definition) is 1. The lowest BCUT2D eigenvalue weighted by molar-refractivity contribution is 0.0921. The molecule has 0 saturated carbocycles. The fraction of sp³-hybridized carbons (Fsp3) is 1.00. The summed E-state index contributed by atoms with van der Waals surface area (Å²) in [7, 11) is 0. The van der Waals surface area contributed by atoms with Crippen LogP contribution in [0.1, 0.15) is 52.4 Å². The maximum atomic E-state index is 3.51. The van der Waals surface area contributed by atoms with Crippen LogP contribution < -0.4 is 5.32 Å². The number of rotatable bonds is 6. The highest BCUT2D eigenvalue weighted by Gasteiger charge is 2.25. The van der Waals surface area contributed by atoms with E-state index in [0.717, 1.165) is 6.04 Å². The second kappa shape index (κ2) is 8.23.